The van der Waals surface area contributed by atoms with E-state index in [2.05, 4.69) is 5.32 Å². The van der Waals surface area contributed by atoms with Crippen molar-refractivity contribution >= 4 is 33.9 Å². The van der Waals surface area contributed by atoms with Crippen molar-refractivity contribution in [1.82, 2.24) is 0 Å². The number of hydrogen-bond donors (Lipinski definition) is 1. The number of rotatable bonds is 5. The zero-order valence-electron chi connectivity index (χ0n) is 14.2. The van der Waals surface area contributed by atoms with Crippen molar-refractivity contribution in [1.29, 1.82) is 0 Å². The van der Waals surface area contributed by atoms with Gasteiger partial charge in [-0.1, -0.05) is 42.5 Å². The molecule has 1 heterocycles. The van der Waals surface area contributed by atoms with Gasteiger partial charge in [-0.05, 0) is 17.7 Å². The fraction of sp³-hybridized carbons (Fsp3) is 0.0526. The summed E-state index contributed by atoms with van der Waals surface area (Å²) in [5, 5.41) is 14.0. The van der Waals surface area contributed by atoms with E-state index in [-0.39, 0.29) is 21.8 Å². The maximum Gasteiger partial charge on any atom is 0.340 e. The van der Waals surface area contributed by atoms with E-state index in [9.17, 15) is 19.7 Å². The lowest BCUT2D eigenvalue weighted by atomic mass is 10.1. The first-order valence-corrected chi connectivity index (χ1v) is 8.65. The van der Waals surface area contributed by atoms with Crippen LogP contribution in [0.3, 0.4) is 0 Å². The predicted octanol–water partition coefficient (Wildman–Crippen LogP) is 4.36. The summed E-state index contributed by atoms with van der Waals surface area (Å²) in [7, 11) is 1.25. The third-order valence-corrected chi connectivity index (χ3v) is 4.87. The molecule has 2 aromatic carbocycles. The molecule has 0 radical (unpaired) electrons. The monoisotopic (exact) mass is 382 g/mol. The van der Waals surface area contributed by atoms with E-state index in [0.717, 1.165) is 10.4 Å². The van der Waals surface area contributed by atoms with Crippen molar-refractivity contribution in [2.24, 2.45) is 0 Å². The highest BCUT2D eigenvalue weighted by atomic mass is 32.1. The quantitative estimate of drug-likeness (QED) is 0.401. The number of nitro groups is 1. The molecule has 0 atom stereocenters. The van der Waals surface area contributed by atoms with E-state index >= 15 is 0 Å². The van der Waals surface area contributed by atoms with Gasteiger partial charge in [-0.15, -0.1) is 11.3 Å². The number of carbonyl (C=O) groups is 2. The Kier molecular flexibility index (Phi) is 5.28. The van der Waals surface area contributed by atoms with Gasteiger partial charge in [0.15, 0.2) is 0 Å². The molecule has 27 heavy (non-hydrogen) atoms. The summed E-state index contributed by atoms with van der Waals surface area (Å²) in [6.07, 6.45) is 0. The second kappa shape index (κ2) is 7.79. The van der Waals surface area contributed by atoms with E-state index in [1.54, 1.807) is 6.07 Å². The average molecular weight is 382 g/mol. The fourth-order valence-electron chi connectivity index (χ4n) is 2.49. The fourth-order valence-corrected chi connectivity index (χ4v) is 3.53. The molecule has 3 aromatic rings. The topological polar surface area (TPSA) is 98.5 Å². The summed E-state index contributed by atoms with van der Waals surface area (Å²) in [6.45, 7) is 0. The van der Waals surface area contributed by atoms with E-state index in [1.807, 2.05) is 30.3 Å². The van der Waals surface area contributed by atoms with Crippen LogP contribution in [-0.2, 0) is 4.74 Å². The van der Waals surface area contributed by atoms with Gasteiger partial charge in [0.25, 0.3) is 11.6 Å². The lowest BCUT2D eigenvalue weighted by Gasteiger charge is -2.05. The predicted molar refractivity (Wildman–Crippen MR) is 102 cm³/mol. The Morgan fingerprint density at radius 1 is 1.04 bits per heavy atom. The molecule has 3 rings (SSSR count). The van der Waals surface area contributed by atoms with Crippen molar-refractivity contribution in [3.8, 4) is 10.4 Å². The van der Waals surface area contributed by atoms with Crippen LogP contribution in [0.25, 0.3) is 10.4 Å². The molecule has 0 aliphatic carbocycles. The molecule has 0 saturated heterocycles. The van der Waals surface area contributed by atoms with E-state index < -0.39 is 16.8 Å². The highest BCUT2D eigenvalue weighted by Gasteiger charge is 2.23. The van der Waals surface area contributed by atoms with Crippen molar-refractivity contribution in [2.75, 3.05) is 12.4 Å². The number of benzene rings is 2. The standard InChI is InChI=1S/C19H14N2O5S/c1-26-19(23)14-11-16(12-7-3-2-4-8-12)27-18(14)20-17(22)13-9-5-6-10-15(13)21(24)25/h2-11H,1H3,(H,20,22). The lowest BCUT2D eigenvalue weighted by Crippen LogP contribution is -2.15. The van der Waals surface area contributed by atoms with Gasteiger partial charge in [-0.25, -0.2) is 4.79 Å². The third-order valence-electron chi connectivity index (χ3n) is 3.77. The largest absolute Gasteiger partial charge is 0.465 e. The number of hydrogen-bond acceptors (Lipinski definition) is 6. The Labute approximate surface area is 158 Å². The van der Waals surface area contributed by atoms with Crippen molar-refractivity contribution < 1.29 is 19.2 Å². The van der Waals surface area contributed by atoms with E-state index in [4.69, 9.17) is 4.74 Å². The number of thiophene rings is 1. The van der Waals surface area contributed by atoms with Crippen LogP contribution >= 0.6 is 11.3 Å². The number of para-hydroxylation sites is 1. The number of methoxy groups -OCH3 is 1. The van der Waals surface area contributed by atoms with Gasteiger partial charge in [0.2, 0.25) is 0 Å². The minimum absolute atomic E-state index is 0.0898. The molecule has 1 aromatic heterocycles. The van der Waals surface area contributed by atoms with Crippen LogP contribution in [0.5, 0.6) is 0 Å². The summed E-state index contributed by atoms with van der Waals surface area (Å²) in [6, 6.07) is 16.6. The summed E-state index contributed by atoms with van der Waals surface area (Å²) in [5.74, 6) is -1.28. The minimum Gasteiger partial charge on any atom is -0.465 e. The molecule has 0 bridgehead atoms. The Balaban J connectivity index is 1.99. The van der Waals surface area contributed by atoms with Gasteiger partial charge in [0.1, 0.15) is 10.6 Å². The molecule has 136 valence electrons. The zero-order chi connectivity index (χ0) is 19.4. The summed E-state index contributed by atoms with van der Waals surface area (Å²) >= 11 is 1.19. The van der Waals surface area contributed by atoms with Crippen molar-refractivity contribution in [3.05, 3.63) is 81.9 Å². The second-order valence-corrected chi connectivity index (χ2v) is 6.49. The molecule has 0 aliphatic heterocycles. The number of carbonyl (C=O) groups excluding carboxylic acids is 2. The van der Waals surface area contributed by atoms with Crippen LogP contribution in [0.1, 0.15) is 20.7 Å². The SMILES string of the molecule is COC(=O)c1cc(-c2ccccc2)sc1NC(=O)c1ccccc1[N+](=O)[O-]. The number of nitro benzene ring substituents is 1. The minimum atomic E-state index is -0.672. The van der Waals surface area contributed by atoms with Crippen LogP contribution in [0.2, 0.25) is 0 Å². The average Bonchev–Trinajstić information content (AvgIpc) is 3.11. The molecule has 0 aliphatic rings. The smallest absolute Gasteiger partial charge is 0.340 e. The van der Waals surface area contributed by atoms with Crippen molar-refractivity contribution in [2.45, 2.75) is 0 Å². The Morgan fingerprint density at radius 3 is 2.37 bits per heavy atom. The molecule has 1 amide bonds. The highest BCUT2D eigenvalue weighted by molar-refractivity contribution is 7.20. The summed E-state index contributed by atoms with van der Waals surface area (Å²) < 4.78 is 4.78. The van der Waals surface area contributed by atoms with Gasteiger partial charge >= 0.3 is 5.97 Å². The molecule has 0 saturated carbocycles. The number of esters is 1. The lowest BCUT2D eigenvalue weighted by molar-refractivity contribution is -0.385. The van der Waals surface area contributed by atoms with Crippen LogP contribution in [-0.4, -0.2) is 23.9 Å². The Hall–Kier alpha value is -3.52. The van der Waals surface area contributed by atoms with Crippen LogP contribution < -0.4 is 5.32 Å². The van der Waals surface area contributed by atoms with Gasteiger partial charge in [-0.3, -0.25) is 14.9 Å². The van der Waals surface area contributed by atoms with E-state index in [0.29, 0.717) is 0 Å². The van der Waals surface area contributed by atoms with E-state index in [1.165, 1.54) is 42.7 Å². The molecule has 1 N–H and O–H groups in total. The highest BCUT2D eigenvalue weighted by Crippen LogP contribution is 2.36. The number of anilines is 1. The van der Waals surface area contributed by atoms with Crippen LogP contribution in [0.15, 0.2) is 60.7 Å². The van der Waals surface area contributed by atoms with Crippen molar-refractivity contribution in [3.63, 3.8) is 0 Å². The first-order valence-electron chi connectivity index (χ1n) is 7.83. The van der Waals surface area contributed by atoms with Gasteiger partial charge in [0, 0.05) is 10.9 Å². The molecule has 0 spiro atoms. The first-order chi connectivity index (χ1) is 13.0. The molecular formula is C19H14N2O5S. The zero-order valence-corrected chi connectivity index (χ0v) is 15.0. The second-order valence-electron chi connectivity index (χ2n) is 5.44. The van der Waals surface area contributed by atoms with Gasteiger partial charge in [0.05, 0.1) is 17.6 Å². The van der Waals surface area contributed by atoms with Gasteiger partial charge < -0.3 is 10.1 Å². The first kappa shape index (κ1) is 18.3. The van der Waals surface area contributed by atoms with Crippen LogP contribution in [0, 0.1) is 10.1 Å². The number of ether oxygens (including phenoxy) is 1. The molecule has 0 unspecified atom stereocenters. The number of nitrogens with one attached hydrogen (secondary N) is 1. The number of amides is 1. The number of nitrogens with zero attached hydrogens (tertiary/aromatic N) is 1. The Bertz CT molecular complexity index is 1010. The van der Waals surface area contributed by atoms with Crippen LogP contribution in [0.4, 0.5) is 10.7 Å². The molecule has 8 heteroatoms. The maximum absolute atomic E-state index is 12.6. The maximum atomic E-state index is 12.6. The third kappa shape index (κ3) is 3.85. The summed E-state index contributed by atoms with van der Waals surface area (Å²) in [4.78, 5) is 36.0. The Morgan fingerprint density at radius 2 is 1.70 bits per heavy atom. The molecule has 7 nitrogen and oxygen atoms in total. The molecule has 0 fully saturated rings. The summed E-state index contributed by atoms with van der Waals surface area (Å²) in [5.41, 5.74) is 0.662. The molecular weight excluding hydrogens is 368 g/mol. The normalized spacial score (nSPS) is 10.3. The van der Waals surface area contributed by atoms with Gasteiger partial charge in [-0.2, -0.15) is 0 Å².